The number of amides is 2. The molecule has 8 heteroatoms. The average molecular weight is 391 g/mol. The lowest BCUT2D eigenvalue weighted by Crippen LogP contribution is -2.36. The molecule has 2 N–H and O–H groups in total. The Morgan fingerprint density at radius 1 is 0.929 bits per heavy atom. The molecular weight excluding hydrogens is 371 g/mol. The second-order valence-electron chi connectivity index (χ2n) is 6.97. The SMILES string of the molecule is CN(C)c1ccc(NC(=O)C2(C(=O)Nc3ccccc3C(F)(F)F)CC2)cc1. The highest BCUT2D eigenvalue weighted by atomic mass is 19.4. The van der Waals surface area contributed by atoms with Gasteiger partial charge in [-0.05, 0) is 49.2 Å². The third-order valence-electron chi connectivity index (χ3n) is 4.74. The van der Waals surface area contributed by atoms with Gasteiger partial charge in [0.15, 0.2) is 0 Å². The molecule has 0 aromatic heterocycles. The summed E-state index contributed by atoms with van der Waals surface area (Å²) in [6.07, 6.45) is -4.03. The number of nitrogens with one attached hydrogen (secondary N) is 2. The summed E-state index contributed by atoms with van der Waals surface area (Å²) in [5.41, 5.74) is -1.18. The van der Waals surface area contributed by atoms with Crippen molar-refractivity contribution in [2.24, 2.45) is 5.41 Å². The molecule has 1 fully saturated rings. The summed E-state index contributed by atoms with van der Waals surface area (Å²) in [4.78, 5) is 27.1. The first kappa shape index (κ1) is 19.7. The molecule has 0 heterocycles. The van der Waals surface area contributed by atoms with E-state index in [0.717, 1.165) is 11.8 Å². The van der Waals surface area contributed by atoms with Crippen LogP contribution in [0.4, 0.5) is 30.2 Å². The van der Waals surface area contributed by atoms with Gasteiger partial charge in [-0.3, -0.25) is 9.59 Å². The third-order valence-corrected chi connectivity index (χ3v) is 4.74. The van der Waals surface area contributed by atoms with Gasteiger partial charge in [0.2, 0.25) is 11.8 Å². The summed E-state index contributed by atoms with van der Waals surface area (Å²) in [6.45, 7) is 0. The van der Waals surface area contributed by atoms with E-state index in [9.17, 15) is 22.8 Å². The molecule has 0 unspecified atom stereocenters. The smallest absolute Gasteiger partial charge is 0.378 e. The average Bonchev–Trinajstić information content (AvgIpc) is 3.44. The number of hydrogen-bond acceptors (Lipinski definition) is 3. The van der Waals surface area contributed by atoms with Crippen LogP contribution in [0, 0.1) is 5.41 Å². The van der Waals surface area contributed by atoms with Gasteiger partial charge in [0.1, 0.15) is 5.41 Å². The van der Waals surface area contributed by atoms with Crippen LogP contribution in [0.2, 0.25) is 0 Å². The highest BCUT2D eigenvalue weighted by Crippen LogP contribution is 2.48. The number of carbonyl (C=O) groups excluding carboxylic acids is 2. The standard InChI is InChI=1S/C20H20F3N3O2/c1-26(2)14-9-7-13(8-10-14)24-17(27)19(11-12-19)18(28)25-16-6-4-3-5-15(16)20(21,22)23/h3-10H,11-12H2,1-2H3,(H,24,27)(H,25,28). The second kappa shape index (κ2) is 7.18. The molecule has 28 heavy (non-hydrogen) atoms. The third kappa shape index (κ3) is 3.95. The zero-order valence-electron chi connectivity index (χ0n) is 15.4. The Bertz CT molecular complexity index is 888. The Hall–Kier alpha value is -3.03. The zero-order valence-corrected chi connectivity index (χ0v) is 15.4. The molecule has 0 aliphatic heterocycles. The first-order chi connectivity index (χ1) is 13.1. The predicted molar refractivity (Wildman–Crippen MR) is 101 cm³/mol. The molecule has 1 aliphatic carbocycles. The minimum Gasteiger partial charge on any atom is -0.378 e. The van der Waals surface area contributed by atoms with Crippen LogP contribution in [0.25, 0.3) is 0 Å². The van der Waals surface area contributed by atoms with Gasteiger partial charge in [-0.15, -0.1) is 0 Å². The van der Waals surface area contributed by atoms with Crippen LogP contribution < -0.4 is 15.5 Å². The van der Waals surface area contributed by atoms with Crippen molar-refractivity contribution in [2.75, 3.05) is 29.6 Å². The minimum atomic E-state index is -4.60. The Labute approximate surface area is 160 Å². The first-order valence-electron chi connectivity index (χ1n) is 8.70. The molecule has 0 spiro atoms. The molecule has 0 bridgehead atoms. The van der Waals surface area contributed by atoms with E-state index in [1.54, 1.807) is 12.1 Å². The maximum atomic E-state index is 13.1. The van der Waals surface area contributed by atoms with E-state index in [-0.39, 0.29) is 18.5 Å². The molecule has 5 nitrogen and oxygen atoms in total. The fourth-order valence-electron chi connectivity index (χ4n) is 2.86. The number of carbonyl (C=O) groups is 2. The van der Waals surface area contributed by atoms with E-state index in [1.807, 2.05) is 31.1 Å². The molecule has 1 aliphatic rings. The van der Waals surface area contributed by atoms with Crippen molar-refractivity contribution >= 4 is 28.9 Å². The van der Waals surface area contributed by atoms with Gasteiger partial charge < -0.3 is 15.5 Å². The van der Waals surface area contributed by atoms with Gasteiger partial charge in [0, 0.05) is 25.5 Å². The van der Waals surface area contributed by atoms with E-state index in [0.29, 0.717) is 5.69 Å². The molecule has 0 saturated heterocycles. The highest BCUT2D eigenvalue weighted by molar-refractivity contribution is 6.17. The molecular formula is C20H20F3N3O2. The molecule has 0 atom stereocenters. The Morgan fingerprint density at radius 2 is 1.50 bits per heavy atom. The van der Waals surface area contributed by atoms with E-state index >= 15 is 0 Å². The summed E-state index contributed by atoms with van der Waals surface area (Å²) in [5, 5.41) is 4.97. The lowest BCUT2D eigenvalue weighted by atomic mass is 10.0. The number of benzene rings is 2. The Balaban J connectivity index is 1.73. The van der Waals surface area contributed by atoms with Crippen molar-refractivity contribution in [3.8, 4) is 0 Å². The van der Waals surface area contributed by atoms with Crippen molar-refractivity contribution in [3.05, 3.63) is 54.1 Å². The molecule has 2 aromatic carbocycles. The zero-order chi connectivity index (χ0) is 20.5. The van der Waals surface area contributed by atoms with E-state index in [4.69, 9.17) is 0 Å². The number of rotatable bonds is 5. The molecule has 1 saturated carbocycles. The van der Waals surface area contributed by atoms with Gasteiger partial charge in [0.25, 0.3) is 0 Å². The van der Waals surface area contributed by atoms with E-state index < -0.39 is 29.0 Å². The van der Waals surface area contributed by atoms with Gasteiger partial charge in [-0.2, -0.15) is 13.2 Å². The maximum absolute atomic E-state index is 13.1. The normalized spacial score (nSPS) is 14.9. The lowest BCUT2D eigenvalue weighted by molar-refractivity contribution is -0.137. The van der Waals surface area contributed by atoms with Crippen LogP contribution in [-0.4, -0.2) is 25.9 Å². The summed E-state index contributed by atoms with van der Waals surface area (Å²) in [6, 6.07) is 11.8. The topological polar surface area (TPSA) is 61.4 Å². The fraction of sp³-hybridized carbons (Fsp3) is 0.300. The van der Waals surface area contributed by atoms with Gasteiger partial charge in [0.05, 0.1) is 11.3 Å². The Kier molecular flexibility index (Phi) is 5.06. The monoisotopic (exact) mass is 391 g/mol. The number of alkyl halides is 3. The quantitative estimate of drug-likeness (QED) is 0.754. The number of nitrogens with zero attached hydrogens (tertiary/aromatic N) is 1. The van der Waals surface area contributed by atoms with Crippen molar-refractivity contribution in [1.82, 2.24) is 0 Å². The summed E-state index contributed by atoms with van der Waals surface area (Å²) >= 11 is 0. The number of halogens is 3. The fourth-order valence-corrected chi connectivity index (χ4v) is 2.86. The van der Waals surface area contributed by atoms with Crippen molar-refractivity contribution in [3.63, 3.8) is 0 Å². The highest BCUT2D eigenvalue weighted by Gasteiger charge is 2.56. The largest absolute Gasteiger partial charge is 0.418 e. The van der Waals surface area contributed by atoms with Crippen molar-refractivity contribution in [1.29, 1.82) is 0 Å². The van der Waals surface area contributed by atoms with Crippen LogP contribution in [0.15, 0.2) is 48.5 Å². The second-order valence-corrected chi connectivity index (χ2v) is 6.97. The molecule has 2 aromatic rings. The number of hydrogen-bond donors (Lipinski definition) is 2. The van der Waals surface area contributed by atoms with E-state index in [1.165, 1.54) is 18.2 Å². The van der Waals surface area contributed by atoms with Crippen LogP contribution in [0.3, 0.4) is 0 Å². The first-order valence-corrected chi connectivity index (χ1v) is 8.70. The minimum absolute atomic E-state index is 0.286. The summed E-state index contributed by atoms with van der Waals surface area (Å²) < 4.78 is 39.3. The Morgan fingerprint density at radius 3 is 2.04 bits per heavy atom. The van der Waals surface area contributed by atoms with Gasteiger partial charge >= 0.3 is 6.18 Å². The lowest BCUT2D eigenvalue weighted by Gasteiger charge is -2.18. The number of anilines is 3. The molecule has 3 rings (SSSR count). The molecule has 148 valence electrons. The van der Waals surface area contributed by atoms with Crippen LogP contribution in [-0.2, 0) is 15.8 Å². The molecule has 0 radical (unpaired) electrons. The van der Waals surface area contributed by atoms with Crippen LogP contribution in [0.5, 0.6) is 0 Å². The summed E-state index contributed by atoms with van der Waals surface area (Å²) in [5.74, 6) is -1.25. The van der Waals surface area contributed by atoms with Crippen molar-refractivity contribution < 1.29 is 22.8 Å². The molecule has 2 amide bonds. The van der Waals surface area contributed by atoms with Gasteiger partial charge in [-0.1, -0.05) is 12.1 Å². The summed E-state index contributed by atoms with van der Waals surface area (Å²) in [7, 11) is 3.77. The number of para-hydroxylation sites is 1. The maximum Gasteiger partial charge on any atom is 0.418 e. The van der Waals surface area contributed by atoms with Gasteiger partial charge in [-0.25, -0.2) is 0 Å². The van der Waals surface area contributed by atoms with Crippen LogP contribution >= 0.6 is 0 Å². The van der Waals surface area contributed by atoms with Crippen LogP contribution in [0.1, 0.15) is 18.4 Å². The van der Waals surface area contributed by atoms with Crippen molar-refractivity contribution in [2.45, 2.75) is 19.0 Å². The van der Waals surface area contributed by atoms with E-state index in [2.05, 4.69) is 10.6 Å². The predicted octanol–water partition coefficient (Wildman–Crippen LogP) is 4.13.